The molecule has 1 aliphatic heterocycles. The lowest BCUT2D eigenvalue weighted by Crippen LogP contribution is -2.39. The molecule has 35 heavy (non-hydrogen) atoms. The van der Waals surface area contributed by atoms with Crippen LogP contribution >= 0.6 is 0 Å². The van der Waals surface area contributed by atoms with Crippen molar-refractivity contribution in [1.29, 1.82) is 0 Å². The second-order valence-corrected chi connectivity index (χ2v) is 8.10. The molecule has 1 atom stereocenters. The van der Waals surface area contributed by atoms with Crippen LogP contribution in [-0.4, -0.2) is 73.3 Å². The van der Waals surface area contributed by atoms with Crippen LogP contribution in [0.2, 0.25) is 0 Å². The van der Waals surface area contributed by atoms with E-state index in [2.05, 4.69) is 25.4 Å². The van der Waals surface area contributed by atoms with E-state index in [1.54, 1.807) is 12.3 Å². The average Bonchev–Trinajstić information content (AvgIpc) is 3.20. The van der Waals surface area contributed by atoms with Gasteiger partial charge in [0.2, 0.25) is 5.95 Å². The van der Waals surface area contributed by atoms with E-state index >= 15 is 0 Å². The fraction of sp³-hybridized carbons (Fsp3) is 0.524. The lowest BCUT2D eigenvalue weighted by Gasteiger charge is -2.31. The first-order chi connectivity index (χ1) is 16.7. The minimum absolute atomic E-state index is 0.0541. The molecule has 4 heterocycles. The van der Waals surface area contributed by atoms with E-state index in [1.807, 2.05) is 11.8 Å². The fourth-order valence-electron chi connectivity index (χ4n) is 3.95. The van der Waals surface area contributed by atoms with Gasteiger partial charge in [-0.25, -0.2) is 15.0 Å². The lowest BCUT2D eigenvalue weighted by molar-refractivity contribution is -0.174. The van der Waals surface area contributed by atoms with Crippen LogP contribution in [0.3, 0.4) is 0 Å². The highest BCUT2D eigenvalue weighted by atomic mass is 19.4. The van der Waals surface area contributed by atoms with Crippen molar-refractivity contribution in [3.63, 3.8) is 0 Å². The van der Waals surface area contributed by atoms with Gasteiger partial charge in [0.05, 0.1) is 24.8 Å². The number of carboxylic acid groups (broad SMARTS) is 1. The quantitative estimate of drug-likeness (QED) is 0.428. The largest absolute Gasteiger partial charge is 0.481 e. The fourth-order valence-corrected chi connectivity index (χ4v) is 3.95. The first-order valence-corrected chi connectivity index (χ1v) is 11.2. The van der Waals surface area contributed by atoms with E-state index in [-0.39, 0.29) is 19.7 Å². The number of carboxylic acids is 1. The number of halogens is 3. The zero-order valence-electron chi connectivity index (χ0n) is 19.0. The Morgan fingerprint density at radius 2 is 2.17 bits per heavy atom. The van der Waals surface area contributed by atoms with Gasteiger partial charge in [0.25, 0.3) is 0 Å². The summed E-state index contributed by atoms with van der Waals surface area (Å²) in [5.74, 6) is -0.240. The molecule has 0 bridgehead atoms. The number of hydrogen-bond donors (Lipinski definition) is 2. The smallest absolute Gasteiger partial charge is 0.411 e. The van der Waals surface area contributed by atoms with Crippen molar-refractivity contribution in [2.45, 2.75) is 38.9 Å². The van der Waals surface area contributed by atoms with Gasteiger partial charge in [0.1, 0.15) is 29.8 Å². The van der Waals surface area contributed by atoms with E-state index in [4.69, 9.17) is 9.72 Å². The van der Waals surface area contributed by atoms with E-state index in [1.165, 1.54) is 11.0 Å². The molecule has 188 valence electrons. The number of aromatic nitrogens is 6. The zero-order chi connectivity index (χ0) is 25.0. The third-order valence-corrected chi connectivity index (χ3v) is 5.58. The summed E-state index contributed by atoms with van der Waals surface area (Å²) in [7, 11) is 0. The number of anilines is 3. The summed E-state index contributed by atoms with van der Waals surface area (Å²) in [5.41, 5.74) is 1.66. The van der Waals surface area contributed by atoms with Crippen molar-refractivity contribution in [1.82, 2.24) is 29.7 Å². The standard InChI is InChI=1S/C21H25F3N8O3/c1-2-14-16-17(32(30-14)8-9-35-11-21(22,23)24)18(27-15-5-6-25-12-26-15)29-20(28-16)31-7-3-4-13(10-31)19(33)34/h5-6,12-13H,2-4,7-11H2,1H3,(H,33,34)(H,25,26,27,28,29). The zero-order valence-corrected chi connectivity index (χ0v) is 19.0. The number of ether oxygens (including phenoxy) is 1. The first-order valence-electron chi connectivity index (χ1n) is 11.2. The van der Waals surface area contributed by atoms with E-state index in [0.717, 1.165) is 0 Å². The molecule has 11 nitrogen and oxygen atoms in total. The van der Waals surface area contributed by atoms with Crippen molar-refractivity contribution in [3.8, 4) is 0 Å². The summed E-state index contributed by atoms with van der Waals surface area (Å²) in [6, 6.07) is 1.64. The molecule has 0 radical (unpaired) electrons. The molecule has 1 aliphatic rings. The monoisotopic (exact) mass is 494 g/mol. The van der Waals surface area contributed by atoms with Crippen molar-refractivity contribution < 1.29 is 27.8 Å². The summed E-state index contributed by atoms with van der Waals surface area (Å²) in [4.78, 5) is 30.8. The van der Waals surface area contributed by atoms with Crippen LogP contribution in [0.25, 0.3) is 11.0 Å². The molecule has 14 heteroatoms. The van der Waals surface area contributed by atoms with Crippen LogP contribution in [0, 0.1) is 5.92 Å². The Kier molecular flexibility index (Phi) is 7.28. The van der Waals surface area contributed by atoms with E-state index in [9.17, 15) is 23.1 Å². The Bertz CT molecular complexity index is 1170. The molecule has 0 saturated carbocycles. The third-order valence-electron chi connectivity index (χ3n) is 5.58. The highest BCUT2D eigenvalue weighted by Gasteiger charge is 2.29. The number of nitrogens with one attached hydrogen (secondary N) is 1. The summed E-state index contributed by atoms with van der Waals surface area (Å²) in [5, 5.41) is 17.1. The molecule has 0 aliphatic carbocycles. The molecule has 4 rings (SSSR count). The number of aliphatic carboxylic acids is 1. The number of rotatable bonds is 9. The van der Waals surface area contributed by atoms with Crippen LogP contribution in [0.15, 0.2) is 18.6 Å². The third kappa shape index (κ3) is 5.93. The predicted octanol–water partition coefficient (Wildman–Crippen LogP) is 2.80. The van der Waals surface area contributed by atoms with E-state index in [0.29, 0.717) is 60.1 Å². The van der Waals surface area contributed by atoms with Crippen molar-refractivity contribution in [2.75, 3.05) is 36.5 Å². The van der Waals surface area contributed by atoms with Gasteiger partial charge in [0.15, 0.2) is 5.82 Å². The molecule has 0 aromatic carbocycles. The Morgan fingerprint density at radius 3 is 2.86 bits per heavy atom. The minimum atomic E-state index is -4.42. The van der Waals surface area contributed by atoms with Crippen LogP contribution in [0.5, 0.6) is 0 Å². The van der Waals surface area contributed by atoms with Crippen LogP contribution in [0.4, 0.5) is 30.8 Å². The second-order valence-electron chi connectivity index (χ2n) is 8.10. The van der Waals surface area contributed by atoms with Crippen LogP contribution in [-0.2, 0) is 22.5 Å². The normalized spacial score (nSPS) is 16.6. The summed E-state index contributed by atoms with van der Waals surface area (Å²) in [6.45, 7) is 1.27. The number of aryl methyl sites for hydroxylation is 1. The van der Waals surface area contributed by atoms with Crippen LogP contribution in [0.1, 0.15) is 25.5 Å². The van der Waals surface area contributed by atoms with Gasteiger partial charge in [-0.05, 0) is 25.3 Å². The summed E-state index contributed by atoms with van der Waals surface area (Å²) in [6.07, 6.45) is 0.286. The first kappa shape index (κ1) is 24.6. The Morgan fingerprint density at radius 1 is 1.34 bits per heavy atom. The molecular weight excluding hydrogens is 469 g/mol. The average molecular weight is 494 g/mol. The maximum Gasteiger partial charge on any atom is 0.411 e. The van der Waals surface area contributed by atoms with Crippen LogP contribution < -0.4 is 10.2 Å². The Balaban J connectivity index is 1.72. The summed E-state index contributed by atoms with van der Waals surface area (Å²) >= 11 is 0. The second kappa shape index (κ2) is 10.4. The highest BCUT2D eigenvalue weighted by molar-refractivity contribution is 5.90. The van der Waals surface area contributed by atoms with Gasteiger partial charge in [-0.3, -0.25) is 9.48 Å². The molecule has 0 spiro atoms. The van der Waals surface area contributed by atoms with Gasteiger partial charge in [-0.1, -0.05) is 6.92 Å². The minimum Gasteiger partial charge on any atom is -0.481 e. The van der Waals surface area contributed by atoms with Gasteiger partial charge in [-0.15, -0.1) is 0 Å². The van der Waals surface area contributed by atoms with Crippen molar-refractivity contribution in [3.05, 3.63) is 24.3 Å². The Labute approximate surface area is 198 Å². The molecule has 2 N–H and O–H groups in total. The number of piperidine rings is 1. The van der Waals surface area contributed by atoms with Gasteiger partial charge >= 0.3 is 12.1 Å². The van der Waals surface area contributed by atoms with Crippen molar-refractivity contribution in [2.24, 2.45) is 5.92 Å². The molecule has 0 amide bonds. The molecule has 1 fully saturated rings. The maximum absolute atomic E-state index is 12.5. The molecule has 3 aromatic heterocycles. The number of fused-ring (bicyclic) bond motifs is 1. The number of nitrogens with zero attached hydrogens (tertiary/aromatic N) is 7. The number of alkyl halides is 3. The van der Waals surface area contributed by atoms with Gasteiger partial charge < -0.3 is 20.1 Å². The molecule has 3 aromatic rings. The SMILES string of the molecule is CCc1nn(CCOCC(F)(F)F)c2c(Nc3ccncn3)nc(N3CCCC(C(=O)O)C3)nc12. The number of hydrogen-bond acceptors (Lipinski definition) is 9. The lowest BCUT2D eigenvalue weighted by atomic mass is 9.99. The molecular formula is C21H25F3N8O3. The number of carbonyl (C=O) groups is 1. The molecule has 1 unspecified atom stereocenters. The molecule has 1 saturated heterocycles. The topological polar surface area (TPSA) is 131 Å². The van der Waals surface area contributed by atoms with Crippen molar-refractivity contribution >= 4 is 34.6 Å². The maximum atomic E-state index is 12.5. The predicted molar refractivity (Wildman–Crippen MR) is 119 cm³/mol. The Hall–Kier alpha value is -3.55. The summed E-state index contributed by atoms with van der Waals surface area (Å²) < 4.78 is 43.7. The van der Waals surface area contributed by atoms with Gasteiger partial charge in [0, 0.05) is 19.3 Å². The van der Waals surface area contributed by atoms with E-state index < -0.39 is 24.7 Å². The van der Waals surface area contributed by atoms with Gasteiger partial charge in [-0.2, -0.15) is 23.3 Å². The highest BCUT2D eigenvalue weighted by Crippen LogP contribution is 2.30.